The normalized spacial score (nSPS) is 32.2. The van der Waals surface area contributed by atoms with Crippen molar-refractivity contribution in [2.24, 2.45) is 5.92 Å². The van der Waals surface area contributed by atoms with E-state index in [2.05, 4.69) is 10.2 Å². The SMILES string of the molecule is C1CCC(C2(N3CCNCC3)COC2)CC1. The molecular formula is C13H24N2O. The maximum atomic E-state index is 5.58. The standard InChI is InChI=1S/C13H24N2O/c1-2-4-12(5-3-1)13(10-16-11-13)15-8-6-14-7-9-15/h12,14H,1-11H2. The summed E-state index contributed by atoms with van der Waals surface area (Å²) in [6.45, 7) is 6.76. The van der Waals surface area contributed by atoms with Crippen LogP contribution < -0.4 is 5.32 Å². The van der Waals surface area contributed by atoms with Crippen LogP contribution in [0.5, 0.6) is 0 Å². The molecule has 0 aromatic rings. The summed E-state index contributed by atoms with van der Waals surface area (Å²) in [6.07, 6.45) is 7.21. The van der Waals surface area contributed by atoms with Crippen LogP contribution in [0.2, 0.25) is 0 Å². The molecule has 3 heteroatoms. The highest BCUT2D eigenvalue weighted by Gasteiger charge is 2.49. The van der Waals surface area contributed by atoms with Gasteiger partial charge in [0.15, 0.2) is 0 Å². The number of hydrogen-bond donors (Lipinski definition) is 1. The fraction of sp³-hybridized carbons (Fsp3) is 1.00. The zero-order chi connectivity index (χ0) is 10.8. The van der Waals surface area contributed by atoms with E-state index >= 15 is 0 Å². The van der Waals surface area contributed by atoms with Crippen LogP contribution in [0, 0.1) is 5.92 Å². The highest BCUT2D eigenvalue weighted by Crippen LogP contribution is 2.41. The van der Waals surface area contributed by atoms with Crippen LogP contribution in [0.3, 0.4) is 0 Å². The van der Waals surface area contributed by atoms with Crippen molar-refractivity contribution in [1.82, 2.24) is 10.2 Å². The number of hydrogen-bond acceptors (Lipinski definition) is 3. The summed E-state index contributed by atoms with van der Waals surface area (Å²) in [7, 11) is 0. The predicted molar refractivity (Wildman–Crippen MR) is 64.6 cm³/mol. The highest BCUT2D eigenvalue weighted by molar-refractivity contribution is 5.03. The van der Waals surface area contributed by atoms with Gasteiger partial charge in [-0.25, -0.2) is 0 Å². The largest absolute Gasteiger partial charge is 0.377 e. The lowest BCUT2D eigenvalue weighted by Crippen LogP contribution is -2.69. The molecule has 0 radical (unpaired) electrons. The fourth-order valence-electron chi connectivity index (χ4n) is 3.74. The van der Waals surface area contributed by atoms with Gasteiger partial charge >= 0.3 is 0 Å². The molecule has 3 nitrogen and oxygen atoms in total. The van der Waals surface area contributed by atoms with Gasteiger partial charge in [-0.2, -0.15) is 0 Å². The maximum Gasteiger partial charge on any atom is 0.0707 e. The minimum absolute atomic E-state index is 0.433. The van der Waals surface area contributed by atoms with Gasteiger partial charge in [-0.05, 0) is 18.8 Å². The molecule has 3 rings (SSSR count). The van der Waals surface area contributed by atoms with Gasteiger partial charge < -0.3 is 10.1 Å². The lowest BCUT2D eigenvalue weighted by Gasteiger charge is -2.56. The van der Waals surface area contributed by atoms with Crippen LogP contribution in [0.1, 0.15) is 32.1 Å². The summed E-state index contributed by atoms with van der Waals surface area (Å²) >= 11 is 0. The molecule has 0 spiro atoms. The molecule has 2 aliphatic heterocycles. The van der Waals surface area contributed by atoms with E-state index in [4.69, 9.17) is 4.74 Å². The van der Waals surface area contributed by atoms with Gasteiger partial charge in [0, 0.05) is 26.2 Å². The summed E-state index contributed by atoms with van der Waals surface area (Å²) in [6, 6.07) is 0. The van der Waals surface area contributed by atoms with E-state index in [1.54, 1.807) is 0 Å². The summed E-state index contributed by atoms with van der Waals surface area (Å²) in [4.78, 5) is 2.73. The Balaban J connectivity index is 1.70. The Kier molecular flexibility index (Phi) is 3.18. The van der Waals surface area contributed by atoms with E-state index in [-0.39, 0.29) is 0 Å². The second-order valence-corrected chi connectivity index (χ2v) is 5.67. The Morgan fingerprint density at radius 1 is 1.00 bits per heavy atom. The van der Waals surface area contributed by atoms with Gasteiger partial charge in [-0.3, -0.25) is 4.90 Å². The lowest BCUT2D eigenvalue weighted by atomic mass is 9.72. The Labute approximate surface area is 98.5 Å². The van der Waals surface area contributed by atoms with Crippen LogP contribution in [0.15, 0.2) is 0 Å². The van der Waals surface area contributed by atoms with Crippen molar-refractivity contribution in [2.45, 2.75) is 37.6 Å². The highest BCUT2D eigenvalue weighted by atomic mass is 16.5. The zero-order valence-electron chi connectivity index (χ0n) is 10.2. The molecule has 2 heterocycles. The summed E-state index contributed by atoms with van der Waals surface area (Å²) in [5.74, 6) is 0.910. The second kappa shape index (κ2) is 4.63. The number of rotatable bonds is 2. The molecule has 0 atom stereocenters. The van der Waals surface area contributed by atoms with Crippen LogP contribution in [-0.4, -0.2) is 49.8 Å². The van der Waals surface area contributed by atoms with Gasteiger partial charge in [0.2, 0.25) is 0 Å². The number of ether oxygens (including phenoxy) is 1. The molecule has 1 N–H and O–H groups in total. The number of piperazine rings is 1. The van der Waals surface area contributed by atoms with Gasteiger partial charge in [0.05, 0.1) is 18.8 Å². The minimum Gasteiger partial charge on any atom is -0.377 e. The van der Waals surface area contributed by atoms with Gasteiger partial charge in [-0.15, -0.1) is 0 Å². The van der Waals surface area contributed by atoms with Crippen LogP contribution in [0.25, 0.3) is 0 Å². The first-order valence-electron chi connectivity index (χ1n) is 6.95. The van der Waals surface area contributed by atoms with Crippen LogP contribution in [-0.2, 0) is 4.74 Å². The maximum absolute atomic E-state index is 5.58. The molecule has 3 fully saturated rings. The van der Waals surface area contributed by atoms with Gasteiger partial charge in [-0.1, -0.05) is 19.3 Å². The molecule has 0 bridgehead atoms. The quantitative estimate of drug-likeness (QED) is 0.764. The Hall–Kier alpha value is -0.120. The van der Waals surface area contributed by atoms with Crippen molar-refractivity contribution >= 4 is 0 Å². The molecule has 3 aliphatic rings. The fourth-order valence-corrected chi connectivity index (χ4v) is 3.74. The lowest BCUT2D eigenvalue weighted by molar-refractivity contribution is -0.177. The Morgan fingerprint density at radius 2 is 1.69 bits per heavy atom. The van der Waals surface area contributed by atoms with E-state index in [1.165, 1.54) is 45.2 Å². The molecule has 0 aromatic carbocycles. The average molecular weight is 224 g/mol. The first kappa shape index (κ1) is 11.0. The third-order valence-electron chi connectivity index (χ3n) is 4.82. The molecular weight excluding hydrogens is 200 g/mol. The minimum atomic E-state index is 0.433. The molecule has 0 aromatic heterocycles. The van der Waals surface area contributed by atoms with Crippen molar-refractivity contribution in [3.63, 3.8) is 0 Å². The Bertz CT molecular complexity index is 208. The molecule has 2 saturated heterocycles. The Morgan fingerprint density at radius 3 is 2.25 bits per heavy atom. The van der Waals surface area contributed by atoms with Gasteiger partial charge in [0.1, 0.15) is 0 Å². The van der Waals surface area contributed by atoms with Crippen LogP contribution >= 0.6 is 0 Å². The third-order valence-corrected chi connectivity index (χ3v) is 4.82. The van der Waals surface area contributed by atoms with Crippen molar-refractivity contribution in [3.05, 3.63) is 0 Å². The van der Waals surface area contributed by atoms with E-state index in [9.17, 15) is 0 Å². The molecule has 1 saturated carbocycles. The number of nitrogens with zero attached hydrogens (tertiary/aromatic N) is 1. The third kappa shape index (κ3) is 1.79. The average Bonchev–Trinajstić information content (AvgIpc) is 2.31. The molecule has 1 aliphatic carbocycles. The predicted octanol–water partition coefficient (Wildman–Crippen LogP) is 1.24. The van der Waals surface area contributed by atoms with E-state index in [0.29, 0.717) is 5.54 Å². The van der Waals surface area contributed by atoms with Crippen molar-refractivity contribution in [2.75, 3.05) is 39.4 Å². The zero-order valence-corrected chi connectivity index (χ0v) is 10.2. The second-order valence-electron chi connectivity index (χ2n) is 5.67. The number of nitrogens with one attached hydrogen (secondary N) is 1. The molecule has 0 amide bonds. The monoisotopic (exact) mass is 224 g/mol. The topological polar surface area (TPSA) is 24.5 Å². The van der Waals surface area contributed by atoms with E-state index < -0.39 is 0 Å². The summed E-state index contributed by atoms with van der Waals surface area (Å²) in [5.41, 5.74) is 0.433. The molecule has 92 valence electrons. The molecule has 0 unspecified atom stereocenters. The van der Waals surface area contributed by atoms with Crippen molar-refractivity contribution < 1.29 is 4.74 Å². The summed E-state index contributed by atoms with van der Waals surface area (Å²) in [5, 5.41) is 3.46. The molecule has 16 heavy (non-hydrogen) atoms. The van der Waals surface area contributed by atoms with Crippen LogP contribution in [0.4, 0.5) is 0 Å². The van der Waals surface area contributed by atoms with Gasteiger partial charge in [0.25, 0.3) is 0 Å². The van der Waals surface area contributed by atoms with E-state index in [1.807, 2.05) is 0 Å². The van der Waals surface area contributed by atoms with E-state index in [0.717, 1.165) is 32.2 Å². The first-order valence-corrected chi connectivity index (χ1v) is 6.95. The summed E-state index contributed by atoms with van der Waals surface area (Å²) < 4.78 is 5.58. The van der Waals surface area contributed by atoms with Crippen molar-refractivity contribution in [1.29, 1.82) is 0 Å². The van der Waals surface area contributed by atoms with Crippen molar-refractivity contribution in [3.8, 4) is 0 Å². The smallest absolute Gasteiger partial charge is 0.0707 e. The first-order chi connectivity index (χ1) is 7.92.